The molecule has 0 aromatic carbocycles. The molecule has 0 aliphatic heterocycles. The molecule has 12 heavy (non-hydrogen) atoms. The van der Waals surface area contributed by atoms with Crippen LogP contribution in [0.15, 0.2) is 12.2 Å². The molecule has 2 N–H and O–H groups in total. The molecule has 0 unspecified atom stereocenters. The van der Waals surface area contributed by atoms with Crippen LogP contribution in [-0.4, -0.2) is 23.2 Å². The van der Waals surface area contributed by atoms with Gasteiger partial charge in [-0.15, -0.1) is 0 Å². The Morgan fingerprint density at radius 1 is 1.58 bits per heavy atom. The molecule has 0 bridgehead atoms. The first-order valence-electron chi connectivity index (χ1n) is 4.10. The minimum Gasteiger partial charge on any atom is -0.381 e. The Hall–Kier alpha value is -0.830. The third-order valence-electron chi connectivity index (χ3n) is 1.39. The lowest BCUT2D eigenvalue weighted by atomic mass is 10.1. The van der Waals surface area contributed by atoms with Crippen LogP contribution < -0.4 is 5.32 Å². The summed E-state index contributed by atoms with van der Waals surface area (Å²) >= 11 is 0. The first-order valence-corrected chi connectivity index (χ1v) is 4.10. The van der Waals surface area contributed by atoms with Crippen LogP contribution in [0.5, 0.6) is 0 Å². The Morgan fingerprint density at radius 3 is 2.58 bits per heavy atom. The summed E-state index contributed by atoms with van der Waals surface area (Å²) in [6.07, 6.45) is 4.69. The molecule has 0 atom stereocenters. The number of carbonyl (C=O) groups is 1. The Bertz CT molecular complexity index is 168. The lowest BCUT2D eigenvalue weighted by Crippen LogP contribution is -2.42. The SMILES string of the molecule is C/C=C/CCNC(=O)C(C)(C)O. The van der Waals surface area contributed by atoms with Crippen LogP contribution in [0.4, 0.5) is 0 Å². The van der Waals surface area contributed by atoms with Gasteiger partial charge in [0, 0.05) is 6.54 Å². The van der Waals surface area contributed by atoms with E-state index >= 15 is 0 Å². The Balaban J connectivity index is 3.59. The van der Waals surface area contributed by atoms with Gasteiger partial charge in [0.25, 0.3) is 5.91 Å². The summed E-state index contributed by atoms with van der Waals surface area (Å²) in [5.41, 5.74) is -1.27. The zero-order valence-electron chi connectivity index (χ0n) is 7.92. The van der Waals surface area contributed by atoms with E-state index in [9.17, 15) is 9.90 Å². The van der Waals surface area contributed by atoms with Crippen molar-refractivity contribution < 1.29 is 9.90 Å². The van der Waals surface area contributed by atoms with Crippen molar-refractivity contribution in [1.29, 1.82) is 0 Å². The molecule has 0 heterocycles. The molecular formula is C9H17NO2. The lowest BCUT2D eigenvalue weighted by Gasteiger charge is -2.15. The second kappa shape index (κ2) is 4.93. The number of allylic oxidation sites excluding steroid dienone is 1. The van der Waals surface area contributed by atoms with Crippen LogP contribution in [0.2, 0.25) is 0 Å². The van der Waals surface area contributed by atoms with Crippen molar-refractivity contribution in [2.75, 3.05) is 6.54 Å². The van der Waals surface area contributed by atoms with E-state index in [1.165, 1.54) is 13.8 Å². The van der Waals surface area contributed by atoms with E-state index < -0.39 is 5.60 Å². The van der Waals surface area contributed by atoms with Gasteiger partial charge in [0.1, 0.15) is 5.60 Å². The molecule has 0 saturated heterocycles. The van der Waals surface area contributed by atoms with E-state index in [-0.39, 0.29) is 5.91 Å². The number of hydrogen-bond acceptors (Lipinski definition) is 2. The van der Waals surface area contributed by atoms with Crippen LogP contribution in [0, 0.1) is 0 Å². The first kappa shape index (κ1) is 11.2. The van der Waals surface area contributed by atoms with Gasteiger partial charge in [0.2, 0.25) is 0 Å². The maximum Gasteiger partial charge on any atom is 0.251 e. The summed E-state index contributed by atoms with van der Waals surface area (Å²) in [7, 11) is 0. The average molecular weight is 171 g/mol. The normalized spacial score (nSPS) is 12.0. The monoisotopic (exact) mass is 171 g/mol. The molecule has 0 spiro atoms. The molecule has 0 aliphatic rings. The van der Waals surface area contributed by atoms with Gasteiger partial charge in [-0.05, 0) is 27.2 Å². The summed E-state index contributed by atoms with van der Waals surface area (Å²) in [6, 6.07) is 0. The molecule has 0 rings (SSSR count). The van der Waals surface area contributed by atoms with Gasteiger partial charge < -0.3 is 10.4 Å². The molecule has 3 nitrogen and oxygen atoms in total. The van der Waals surface area contributed by atoms with Crippen LogP contribution >= 0.6 is 0 Å². The molecule has 0 aliphatic carbocycles. The van der Waals surface area contributed by atoms with Gasteiger partial charge in [0.15, 0.2) is 0 Å². The van der Waals surface area contributed by atoms with Gasteiger partial charge in [-0.25, -0.2) is 0 Å². The molecule has 0 fully saturated rings. The fourth-order valence-corrected chi connectivity index (χ4v) is 0.652. The van der Waals surface area contributed by atoms with Crippen molar-refractivity contribution in [3.63, 3.8) is 0 Å². The number of hydrogen-bond donors (Lipinski definition) is 2. The summed E-state index contributed by atoms with van der Waals surface area (Å²) < 4.78 is 0. The molecule has 0 aromatic heterocycles. The number of rotatable bonds is 4. The van der Waals surface area contributed by atoms with Gasteiger partial charge >= 0.3 is 0 Å². The molecule has 0 aromatic rings. The van der Waals surface area contributed by atoms with Crippen molar-refractivity contribution in [3.8, 4) is 0 Å². The predicted octanol–water partition coefficient (Wildman–Crippen LogP) is 0.840. The van der Waals surface area contributed by atoms with Crippen LogP contribution in [0.25, 0.3) is 0 Å². The molecule has 0 saturated carbocycles. The highest BCUT2D eigenvalue weighted by Crippen LogP contribution is 1.99. The van der Waals surface area contributed by atoms with Crippen LogP contribution in [-0.2, 0) is 4.79 Å². The zero-order chi connectivity index (χ0) is 9.61. The zero-order valence-corrected chi connectivity index (χ0v) is 7.92. The van der Waals surface area contributed by atoms with E-state index in [0.717, 1.165) is 6.42 Å². The topological polar surface area (TPSA) is 49.3 Å². The van der Waals surface area contributed by atoms with Crippen molar-refractivity contribution >= 4 is 5.91 Å². The summed E-state index contributed by atoms with van der Waals surface area (Å²) in [6.45, 7) is 5.45. The third-order valence-corrected chi connectivity index (χ3v) is 1.39. The average Bonchev–Trinajstić information content (AvgIpc) is 1.96. The molecule has 70 valence electrons. The second-order valence-corrected chi connectivity index (χ2v) is 3.17. The summed E-state index contributed by atoms with van der Waals surface area (Å²) in [5, 5.41) is 11.8. The summed E-state index contributed by atoms with van der Waals surface area (Å²) in [4.78, 5) is 11.0. The van der Waals surface area contributed by atoms with Crippen molar-refractivity contribution in [2.45, 2.75) is 32.8 Å². The number of amides is 1. The van der Waals surface area contributed by atoms with Gasteiger partial charge in [0.05, 0.1) is 0 Å². The fourth-order valence-electron chi connectivity index (χ4n) is 0.652. The smallest absolute Gasteiger partial charge is 0.251 e. The number of nitrogens with one attached hydrogen (secondary N) is 1. The fraction of sp³-hybridized carbons (Fsp3) is 0.667. The molecule has 0 radical (unpaired) electrons. The van der Waals surface area contributed by atoms with E-state index in [4.69, 9.17) is 0 Å². The Kier molecular flexibility index (Phi) is 4.59. The van der Waals surface area contributed by atoms with E-state index in [1.54, 1.807) is 0 Å². The number of aliphatic hydroxyl groups is 1. The van der Waals surface area contributed by atoms with Crippen molar-refractivity contribution in [2.24, 2.45) is 0 Å². The largest absolute Gasteiger partial charge is 0.381 e. The Labute approximate surface area is 73.5 Å². The molecular weight excluding hydrogens is 154 g/mol. The van der Waals surface area contributed by atoms with Crippen LogP contribution in [0.3, 0.4) is 0 Å². The maximum atomic E-state index is 11.0. The first-order chi connectivity index (χ1) is 5.48. The van der Waals surface area contributed by atoms with Gasteiger partial charge in [-0.1, -0.05) is 12.2 Å². The standard InChI is InChI=1S/C9H17NO2/c1-4-5-6-7-10-8(11)9(2,3)12/h4-5,12H,6-7H2,1-3H3,(H,10,11)/b5-4+. The quantitative estimate of drug-likeness (QED) is 0.486. The second-order valence-electron chi connectivity index (χ2n) is 3.17. The van der Waals surface area contributed by atoms with Crippen molar-refractivity contribution in [3.05, 3.63) is 12.2 Å². The minimum atomic E-state index is -1.27. The highest BCUT2D eigenvalue weighted by atomic mass is 16.3. The van der Waals surface area contributed by atoms with Gasteiger partial charge in [-0.3, -0.25) is 4.79 Å². The Morgan fingerprint density at radius 2 is 2.17 bits per heavy atom. The molecule has 3 heteroatoms. The minimum absolute atomic E-state index is 0.327. The van der Waals surface area contributed by atoms with Crippen molar-refractivity contribution in [1.82, 2.24) is 5.32 Å². The highest BCUT2D eigenvalue weighted by Gasteiger charge is 2.22. The van der Waals surface area contributed by atoms with Crippen LogP contribution in [0.1, 0.15) is 27.2 Å². The predicted molar refractivity (Wildman–Crippen MR) is 48.7 cm³/mol. The highest BCUT2D eigenvalue weighted by molar-refractivity contribution is 5.83. The van der Waals surface area contributed by atoms with E-state index in [0.29, 0.717) is 6.54 Å². The molecule has 1 amide bonds. The van der Waals surface area contributed by atoms with E-state index in [2.05, 4.69) is 5.32 Å². The van der Waals surface area contributed by atoms with Gasteiger partial charge in [-0.2, -0.15) is 0 Å². The summed E-state index contributed by atoms with van der Waals surface area (Å²) in [5.74, 6) is -0.327. The third kappa shape index (κ3) is 4.91. The lowest BCUT2D eigenvalue weighted by molar-refractivity contribution is -0.136. The van der Waals surface area contributed by atoms with E-state index in [1.807, 2.05) is 19.1 Å². The number of carbonyl (C=O) groups excluding carboxylic acids is 1. The maximum absolute atomic E-state index is 11.0.